The van der Waals surface area contributed by atoms with Gasteiger partial charge < -0.3 is 10.1 Å². The number of hydrogen-bond acceptors (Lipinski definition) is 3. The highest BCUT2D eigenvalue weighted by molar-refractivity contribution is 6.30. The smallest absolute Gasteiger partial charge is 0.218 e. The minimum Gasteiger partial charge on any atom is -0.473 e. The second-order valence-electron chi connectivity index (χ2n) is 5.19. The Kier molecular flexibility index (Phi) is 4.36. The van der Waals surface area contributed by atoms with E-state index in [1.807, 2.05) is 24.3 Å². The van der Waals surface area contributed by atoms with Crippen LogP contribution in [0.2, 0.25) is 5.02 Å². The van der Waals surface area contributed by atoms with Crippen molar-refractivity contribution in [3.8, 4) is 5.88 Å². The van der Waals surface area contributed by atoms with Crippen molar-refractivity contribution in [1.82, 2.24) is 10.3 Å². The molecule has 1 aliphatic carbocycles. The molecule has 1 fully saturated rings. The van der Waals surface area contributed by atoms with Crippen molar-refractivity contribution in [2.24, 2.45) is 0 Å². The maximum atomic E-state index is 13.3. The number of halogens is 2. The Morgan fingerprint density at radius 3 is 2.76 bits per heavy atom. The predicted molar refractivity (Wildman–Crippen MR) is 79.8 cm³/mol. The lowest BCUT2D eigenvalue weighted by Gasteiger charge is -2.11. The summed E-state index contributed by atoms with van der Waals surface area (Å²) >= 11 is 5.85. The van der Waals surface area contributed by atoms with Gasteiger partial charge in [0.15, 0.2) is 0 Å². The van der Waals surface area contributed by atoms with Gasteiger partial charge in [-0.1, -0.05) is 23.7 Å². The van der Waals surface area contributed by atoms with Crippen LogP contribution in [-0.2, 0) is 13.2 Å². The molecule has 0 saturated heterocycles. The van der Waals surface area contributed by atoms with Gasteiger partial charge in [0, 0.05) is 23.2 Å². The zero-order chi connectivity index (χ0) is 14.7. The van der Waals surface area contributed by atoms with E-state index in [1.165, 1.54) is 25.1 Å². The first-order chi connectivity index (χ1) is 10.2. The first kappa shape index (κ1) is 14.3. The van der Waals surface area contributed by atoms with Gasteiger partial charge in [-0.3, -0.25) is 0 Å². The number of rotatable bonds is 6. The van der Waals surface area contributed by atoms with E-state index in [4.69, 9.17) is 16.3 Å². The molecule has 0 bridgehead atoms. The van der Waals surface area contributed by atoms with Crippen molar-refractivity contribution < 1.29 is 9.13 Å². The third kappa shape index (κ3) is 4.16. The summed E-state index contributed by atoms with van der Waals surface area (Å²) in [5.74, 6) is 0.126. The summed E-state index contributed by atoms with van der Waals surface area (Å²) in [6.45, 7) is 0.956. The van der Waals surface area contributed by atoms with E-state index in [9.17, 15) is 4.39 Å². The van der Waals surface area contributed by atoms with Crippen LogP contribution in [0.5, 0.6) is 5.88 Å². The van der Waals surface area contributed by atoms with Gasteiger partial charge in [-0.05, 0) is 36.6 Å². The van der Waals surface area contributed by atoms with Crippen molar-refractivity contribution in [2.75, 3.05) is 0 Å². The van der Waals surface area contributed by atoms with Crippen LogP contribution in [0.25, 0.3) is 0 Å². The van der Waals surface area contributed by atoms with Gasteiger partial charge in [-0.25, -0.2) is 9.37 Å². The summed E-state index contributed by atoms with van der Waals surface area (Å²) in [5, 5.41) is 4.03. The number of hydrogen-bond donors (Lipinski definition) is 1. The van der Waals surface area contributed by atoms with E-state index < -0.39 is 0 Å². The molecule has 21 heavy (non-hydrogen) atoms. The Morgan fingerprint density at radius 1 is 1.29 bits per heavy atom. The third-order valence-corrected chi connectivity index (χ3v) is 3.59. The molecular formula is C16H16ClFN2O. The molecule has 1 heterocycles. The largest absolute Gasteiger partial charge is 0.473 e. The minimum atomic E-state index is -0.346. The van der Waals surface area contributed by atoms with Crippen LogP contribution in [0.15, 0.2) is 36.5 Å². The maximum Gasteiger partial charge on any atom is 0.218 e. The number of ether oxygens (including phenoxy) is 1. The molecule has 3 nitrogen and oxygen atoms in total. The average Bonchev–Trinajstić information content (AvgIpc) is 3.30. The standard InChI is InChI=1S/C16H16ClFN2O/c17-13-3-1-11(2-4-13)10-21-16-12(7-14(18)9-20-16)8-19-15-5-6-15/h1-4,7,9,15,19H,5-6,8,10H2. The summed E-state index contributed by atoms with van der Waals surface area (Å²) in [4.78, 5) is 4.05. The van der Waals surface area contributed by atoms with Crippen molar-refractivity contribution in [3.05, 3.63) is 58.5 Å². The zero-order valence-electron chi connectivity index (χ0n) is 11.5. The minimum absolute atomic E-state index is 0.346. The van der Waals surface area contributed by atoms with Crippen molar-refractivity contribution >= 4 is 11.6 Å². The molecule has 1 aliphatic rings. The molecule has 0 radical (unpaired) electrons. The second kappa shape index (κ2) is 6.41. The van der Waals surface area contributed by atoms with E-state index in [0.29, 0.717) is 30.1 Å². The van der Waals surface area contributed by atoms with Crippen LogP contribution in [0.3, 0.4) is 0 Å². The molecule has 0 spiro atoms. The van der Waals surface area contributed by atoms with Crippen molar-refractivity contribution in [1.29, 1.82) is 0 Å². The highest BCUT2D eigenvalue weighted by Gasteiger charge is 2.21. The summed E-state index contributed by atoms with van der Waals surface area (Å²) in [7, 11) is 0. The Bertz CT molecular complexity index is 614. The molecule has 0 amide bonds. The molecule has 1 N–H and O–H groups in total. The second-order valence-corrected chi connectivity index (χ2v) is 5.62. The highest BCUT2D eigenvalue weighted by atomic mass is 35.5. The van der Waals surface area contributed by atoms with E-state index in [0.717, 1.165) is 11.1 Å². The highest BCUT2D eigenvalue weighted by Crippen LogP contribution is 2.22. The fourth-order valence-corrected chi connectivity index (χ4v) is 2.13. The van der Waals surface area contributed by atoms with Crippen molar-refractivity contribution in [2.45, 2.75) is 32.0 Å². The van der Waals surface area contributed by atoms with Gasteiger partial charge in [0.1, 0.15) is 12.4 Å². The molecule has 0 aliphatic heterocycles. The summed E-state index contributed by atoms with van der Waals surface area (Å²) in [5.41, 5.74) is 1.74. The Hall–Kier alpha value is -1.65. The molecule has 3 rings (SSSR count). The van der Waals surface area contributed by atoms with Crippen LogP contribution < -0.4 is 10.1 Å². The number of aromatic nitrogens is 1. The Balaban J connectivity index is 1.66. The normalized spacial score (nSPS) is 14.2. The van der Waals surface area contributed by atoms with Crippen LogP contribution >= 0.6 is 11.6 Å². The topological polar surface area (TPSA) is 34.1 Å². The molecule has 1 aromatic carbocycles. The number of pyridine rings is 1. The molecule has 1 saturated carbocycles. The Labute approximate surface area is 128 Å². The summed E-state index contributed by atoms with van der Waals surface area (Å²) in [6, 6.07) is 9.45. The zero-order valence-corrected chi connectivity index (χ0v) is 12.2. The van der Waals surface area contributed by atoms with Gasteiger partial charge in [0.05, 0.1) is 6.20 Å². The molecule has 0 unspecified atom stereocenters. The van der Waals surface area contributed by atoms with Crippen LogP contribution in [-0.4, -0.2) is 11.0 Å². The predicted octanol–water partition coefficient (Wildman–Crippen LogP) is 3.71. The summed E-state index contributed by atoms with van der Waals surface area (Å²) < 4.78 is 19.0. The lowest BCUT2D eigenvalue weighted by Crippen LogP contribution is -2.16. The number of benzene rings is 1. The summed E-state index contributed by atoms with van der Waals surface area (Å²) in [6.07, 6.45) is 3.55. The van der Waals surface area contributed by atoms with Gasteiger partial charge in [-0.15, -0.1) is 0 Å². The number of nitrogens with one attached hydrogen (secondary N) is 1. The first-order valence-corrected chi connectivity index (χ1v) is 7.33. The fraction of sp³-hybridized carbons (Fsp3) is 0.312. The van der Waals surface area contributed by atoms with Gasteiger partial charge in [0.25, 0.3) is 0 Å². The maximum absolute atomic E-state index is 13.3. The van der Waals surface area contributed by atoms with E-state index >= 15 is 0 Å². The van der Waals surface area contributed by atoms with Crippen molar-refractivity contribution in [3.63, 3.8) is 0 Å². The van der Waals surface area contributed by atoms with E-state index in [-0.39, 0.29) is 5.82 Å². The lowest BCUT2D eigenvalue weighted by molar-refractivity contribution is 0.288. The molecule has 0 atom stereocenters. The Morgan fingerprint density at radius 2 is 2.05 bits per heavy atom. The molecule has 2 aromatic rings. The molecule has 5 heteroatoms. The monoisotopic (exact) mass is 306 g/mol. The van der Waals surface area contributed by atoms with E-state index in [2.05, 4.69) is 10.3 Å². The van der Waals surface area contributed by atoms with Crippen LogP contribution in [0, 0.1) is 5.82 Å². The van der Waals surface area contributed by atoms with Gasteiger partial charge >= 0.3 is 0 Å². The molecular weight excluding hydrogens is 291 g/mol. The molecule has 110 valence electrons. The van der Waals surface area contributed by atoms with Gasteiger partial charge in [0.2, 0.25) is 5.88 Å². The first-order valence-electron chi connectivity index (χ1n) is 6.96. The number of nitrogens with zero attached hydrogens (tertiary/aromatic N) is 1. The van der Waals surface area contributed by atoms with E-state index in [1.54, 1.807) is 0 Å². The molecule has 1 aromatic heterocycles. The van der Waals surface area contributed by atoms with Gasteiger partial charge in [-0.2, -0.15) is 0 Å². The quantitative estimate of drug-likeness (QED) is 0.883. The SMILES string of the molecule is Fc1cnc(OCc2ccc(Cl)cc2)c(CNC2CC2)c1. The lowest BCUT2D eigenvalue weighted by atomic mass is 10.2. The van der Waals surface area contributed by atoms with Crippen LogP contribution in [0.1, 0.15) is 24.0 Å². The average molecular weight is 307 g/mol. The third-order valence-electron chi connectivity index (χ3n) is 3.34. The van der Waals surface area contributed by atoms with Crippen LogP contribution in [0.4, 0.5) is 4.39 Å². The fourth-order valence-electron chi connectivity index (χ4n) is 2.00.